The summed E-state index contributed by atoms with van der Waals surface area (Å²) in [6.45, 7) is 0.831. The van der Waals surface area contributed by atoms with Crippen LogP contribution in [0, 0.1) is 0 Å². The summed E-state index contributed by atoms with van der Waals surface area (Å²) in [4.78, 5) is 29.2. The maximum atomic E-state index is 12.6. The topological polar surface area (TPSA) is 52.7 Å². The van der Waals surface area contributed by atoms with Gasteiger partial charge in [0.15, 0.2) is 0 Å². The van der Waals surface area contributed by atoms with Crippen molar-refractivity contribution < 1.29 is 9.59 Å². The molecule has 1 aromatic carbocycles. The predicted molar refractivity (Wildman–Crippen MR) is 88.6 cm³/mol. The summed E-state index contributed by atoms with van der Waals surface area (Å²) < 4.78 is 0. The second kappa shape index (κ2) is 5.55. The predicted octanol–water partition coefficient (Wildman–Crippen LogP) is 2.37. The molecule has 0 aromatic heterocycles. The Balaban J connectivity index is 1.61. The van der Waals surface area contributed by atoms with Gasteiger partial charge < -0.3 is 15.1 Å². The Morgan fingerprint density at radius 2 is 1.96 bits per heavy atom. The van der Waals surface area contributed by atoms with E-state index in [9.17, 15) is 9.59 Å². The number of hydrogen-bond acceptors (Lipinski definition) is 3. The van der Waals surface area contributed by atoms with E-state index in [2.05, 4.69) is 10.2 Å². The third-order valence-electron chi connectivity index (χ3n) is 5.49. The van der Waals surface area contributed by atoms with Crippen molar-refractivity contribution in [2.75, 3.05) is 18.5 Å². The molecule has 23 heavy (non-hydrogen) atoms. The van der Waals surface area contributed by atoms with Crippen molar-refractivity contribution in [1.29, 1.82) is 0 Å². The normalized spacial score (nSPS) is 23.9. The molecule has 2 aliphatic heterocycles. The number of amides is 2. The van der Waals surface area contributed by atoms with Crippen LogP contribution in [0.15, 0.2) is 18.2 Å². The molecule has 2 heterocycles. The molecule has 4 rings (SSSR count). The van der Waals surface area contributed by atoms with Crippen molar-refractivity contribution >= 4 is 17.5 Å². The number of benzene rings is 1. The molecule has 1 saturated heterocycles. The minimum absolute atomic E-state index is 0.0191. The van der Waals surface area contributed by atoms with E-state index in [1.165, 1.54) is 12.8 Å². The lowest BCUT2D eigenvalue weighted by Crippen LogP contribution is -2.50. The third kappa shape index (κ3) is 2.38. The van der Waals surface area contributed by atoms with Gasteiger partial charge in [-0.25, -0.2) is 0 Å². The lowest BCUT2D eigenvalue weighted by atomic mass is 10.0. The van der Waals surface area contributed by atoms with E-state index in [0.717, 1.165) is 37.9 Å². The van der Waals surface area contributed by atoms with E-state index < -0.39 is 0 Å². The van der Waals surface area contributed by atoms with Crippen molar-refractivity contribution in [2.45, 2.75) is 50.7 Å². The van der Waals surface area contributed by atoms with Gasteiger partial charge in [-0.05, 0) is 43.9 Å². The number of fused-ring (bicyclic) bond motifs is 2. The highest BCUT2D eigenvalue weighted by molar-refractivity contribution is 6.04. The first-order chi connectivity index (χ1) is 11.1. The van der Waals surface area contributed by atoms with Crippen molar-refractivity contribution in [3.8, 4) is 0 Å². The zero-order valence-corrected chi connectivity index (χ0v) is 13.5. The Hall–Kier alpha value is -2.04. The summed E-state index contributed by atoms with van der Waals surface area (Å²) in [5.41, 5.74) is 2.25. The summed E-state index contributed by atoms with van der Waals surface area (Å²) in [5.74, 6) is 0.0813. The molecule has 0 bridgehead atoms. The molecule has 1 saturated carbocycles. The molecule has 0 spiro atoms. The number of carbonyl (C=O) groups excluding carboxylic acids is 2. The summed E-state index contributed by atoms with van der Waals surface area (Å²) in [6, 6.07) is 5.79. The van der Waals surface area contributed by atoms with Crippen molar-refractivity contribution in [3.05, 3.63) is 29.3 Å². The summed E-state index contributed by atoms with van der Waals surface area (Å²) in [7, 11) is 2.02. The zero-order valence-electron chi connectivity index (χ0n) is 13.5. The molecule has 2 amide bonds. The van der Waals surface area contributed by atoms with Gasteiger partial charge in [0.25, 0.3) is 11.8 Å². The number of nitrogens with one attached hydrogen (secondary N) is 1. The van der Waals surface area contributed by atoms with Crippen LogP contribution in [0.3, 0.4) is 0 Å². The summed E-state index contributed by atoms with van der Waals surface area (Å²) in [6.07, 6.45) is 6.73. The number of carbonyl (C=O) groups is 2. The van der Waals surface area contributed by atoms with E-state index in [1.54, 1.807) is 6.07 Å². The van der Waals surface area contributed by atoms with Gasteiger partial charge in [0.1, 0.15) is 6.17 Å². The second-order valence-electron chi connectivity index (χ2n) is 6.92. The standard InChI is InChI=1S/C18H23N3O2/c1-20-15-11-12(17(22)19-13-5-2-3-6-13)8-9-14(15)18(23)21-10-4-7-16(20)21/h8-9,11,13,16H,2-7,10H2,1H3,(H,19,22)/t16-/m0/s1. The van der Waals surface area contributed by atoms with E-state index >= 15 is 0 Å². The monoisotopic (exact) mass is 313 g/mol. The molecule has 0 unspecified atom stereocenters. The van der Waals surface area contributed by atoms with Crippen LogP contribution in [0.5, 0.6) is 0 Å². The maximum Gasteiger partial charge on any atom is 0.257 e. The molecule has 1 aliphatic carbocycles. The van der Waals surface area contributed by atoms with Crippen LogP contribution in [-0.2, 0) is 0 Å². The molecule has 1 N–H and O–H groups in total. The number of anilines is 1. The fourth-order valence-electron chi connectivity index (χ4n) is 4.19. The van der Waals surface area contributed by atoms with Gasteiger partial charge in [0, 0.05) is 25.2 Å². The van der Waals surface area contributed by atoms with Crippen molar-refractivity contribution in [2.24, 2.45) is 0 Å². The van der Waals surface area contributed by atoms with Gasteiger partial charge in [-0.3, -0.25) is 9.59 Å². The van der Waals surface area contributed by atoms with Crippen LogP contribution in [0.4, 0.5) is 5.69 Å². The molecule has 2 fully saturated rings. The van der Waals surface area contributed by atoms with Crippen molar-refractivity contribution in [1.82, 2.24) is 10.2 Å². The molecule has 0 radical (unpaired) electrons. The van der Waals surface area contributed by atoms with Crippen molar-refractivity contribution in [3.63, 3.8) is 0 Å². The highest BCUT2D eigenvalue weighted by Crippen LogP contribution is 2.35. The molecule has 122 valence electrons. The minimum atomic E-state index is -0.0191. The van der Waals surface area contributed by atoms with Crippen LogP contribution < -0.4 is 10.2 Å². The third-order valence-corrected chi connectivity index (χ3v) is 5.49. The van der Waals surface area contributed by atoms with Gasteiger partial charge in [-0.2, -0.15) is 0 Å². The van der Waals surface area contributed by atoms with E-state index in [1.807, 2.05) is 24.1 Å². The first-order valence-electron chi connectivity index (χ1n) is 8.64. The Kier molecular flexibility index (Phi) is 3.51. The first kappa shape index (κ1) is 14.5. The average Bonchev–Trinajstić information content (AvgIpc) is 3.23. The SMILES string of the molecule is CN1c2cc(C(=O)NC3CCCC3)ccc2C(=O)N2CCC[C@H]21. The van der Waals surface area contributed by atoms with Gasteiger partial charge in [0.05, 0.1) is 11.3 Å². The Bertz CT molecular complexity index is 652. The van der Waals surface area contributed by atoms with E-state index in [0.29, 0.717) is 17.2 Å². The fraction of sp³-hybridized carbons (Fsp3) is 0.556. The Labute approximate surface area is 136 Å². The van der Waals surface area contributed by atoms with Gasteiger partial charge in [0.2, 0.25) is 0 Å². The largest absolute Gasteiger partial charge is 0.354 e. The lowest BCUT2D eigenvalue weighted by Gasteiger charge is -2.40. The first-order valence-corrected chi connectivity index (χ1v) is 8.64. The van der Waals surface area contributed by atoms with Crippen LogP contribution in [-0.4, -0.2) is 42.5 Å². The van der Waals surface area contributed by atoms with Crippen LogP contribution in [0.2, 0.25) is 0 Å². The molecule has 1 atom stereocenters. The maximum absolute atomic E-state index is 12.6. The average molecular weight is 313 g/mol. The quantitative estimate of drug-likeness (QED) is 0.912. The van der Waals surface area contributed by atoms with Crippen LogP contribution in [0.25, 0.3) is 0 Å². The van der Waals surface area contributed by atoms with Crippen LogP contribution in [0.1, 0.15) is 59.2 Å². The minimum Gasteiger partial charge on any atom is -0.354 e. The lowest BCUT2D eigenvalue weighted by molar-refractivity contribution is 0.0719. The van der Waals surface area contributed by atoms with Crippen LogP contribution >= 0.6 is 0 Å². The summed E-state index contributed by atoms with van der Waals surface area (Å²) >= 11 is 0. The van der Waals surface area contributed by atoms with E-state index in [4.69, 9.17) is 0 Å². The fourth-order valence-corrected chi connectivity index (χ4v) is 4.19. The molecular weight excluding hydrogens is 290 g/mol. The Morgan fingerprint density at radius 1 is 1.17 bits per heavy atom. The zero-order chi connectivity index (χ0) is 16.0. The number of rotatable bonds is 2. The molecule has 1 aromatic rings. The second-order valence-corrected chi connectivity index (χ2v) is 6.92. The highest BCUT2D eigenvalue weighted by Gasteiger charge is 2.38. The Morgan fingerprint density at radius 3 is 2.74 bits per heavy atom. The molecular formula is C18H23N3O2. The van der Waals surface area contributed by atoms with E-state index in [-0.39, 0.29) is 18.0 Å². The number of nitrogens with zero attached hydrogens (tertiary/aromatic N) is 2. The number of hydrogen-bond donors (Lipinski definition) is 1. The molecule has 5 heteroatoms. The smallest absolute Gasteiger partial charge is 0.257 e. The van der Waals surface area contributed by atoms with Gasteiger partial charge in [-0.1, -0.05) is 12.8 Å². The highest BCUT2D eigenvalue weighted by atomic mass is 16.2. The van der Waals surface area contributed by atoms with Gasteiger partial charge in [-0.15, -0.1) is 0 Å². The summed E-state index contributed by atoms with van der Waals surface area (Å²) in [5, 5.41) is 3.12. The van der Waals surface area contributed by atoms with Gasteiger partial charge >= 0.3 is 0 Å². The molecule has 5 nitrogen and oxygen atoms in total. The molecule has 3 aliphatic rings.